The zero-order valence-corrected chi connectivity index (χ0v) is 21.5. The molecule has 3 nitrogen and oxygen atoms in total. The summed E-state index contributed by atoms with van der Waals surface area (Å²) < 4.78 is 15.4. The lowest BCUT2D eigenvalue weighted by Crippen LogP contribution is -2.37. The van der Waals surface area contributed by atoms with Crippen LogP contribution >= 0.6 is 11.3 Å². The van der Waals surface area contributed by atoms with Crippen molar-refractivity contribution in [2.45, 2.75) is 31.7 Å². The number of piperidine rings is 1. The number of halogens is 1. The summed E-state index contributed by atoms with van der Waals surface area (Å²) in [6, 6.07) is 20.1. The Hall–Kier alpha value is -2.47. The number of para-hydroxylation sites is 1. The van der Waals surface area contributed by atoms with E-state index < -0.39 is 0 Å². The van der Waals surface area contributed by atoms with Crippen molar-refractivity contribution in [1.29, 1.82) is 0 Å². The molecule has 2 aliphatic heterocycles. The molecule has 35 heavy (non-hydrogen) atoms. The van der Waals surface area contributed by atoms with Crippen LogP contribution < -0.4 is 0 Å². The van der Waals surface area contributed by atoms with E-state index in [0.717, 1.165) is 12.5 Å². The van der Waals surface area contributed by atoms with Crippen molar-refractivity contribution in [1.82, 2.24) is 14.4 Å². The van der Waals surface area contributed by atoms with E-state index in [4.69, 9.17) is 0 Å². The van der Waals surface area contributed by atoms with Crippen LogP contribution in [0.5, 0.6) is 0 Å². The first-order chi connectivity index (χ1) is 17.2. The molecule has 2 saturated heterocycles. The van der Waals surface area contributed by atoms with Gasteiger partial charge in [0.05, 0.1) is 5.52 Å². The smallest absolute Gasteiger partial charge is 0.123 e. The average molecular weight is 490 g/mol. The van der Waals surface area contributed by atoms with Crippen LogP contribution in [0.25, 0.3) is 10.9 Å². The Morgan fingerprint density at radius 3 is 2.31 bits per heavy atom. The summed E-state index contributed by atoms with van der Waals surface area (Å²) in [4.78, 5) is 5.30. The Morgan fingerprint density at radius 2 is 1.60 bits per heavy atom. The Kier molecular flexibility index (Phi) is 7.97. The first-order valence-electron chi connectivity index (χ1n) is 12.9. The number of likely N-dealkylation sites (tertiary alicyclic amines) is 2. The predicted molar refractivity (Wildman–Crippen MR) is 145 cm³/mol. The third kappa shape index (κ3) is 6.21. The molecule has 5 heteroatoms. The van der Waals surface area contributed by atoms with Crippen molar-refractivity contribution >= 4 is 22.2 Å². The van der Waals surface area contributed by atoms with Gasteiger partial charge in [0, 0.05) is 32.9 Å². The molecule has 2 aromatic heterocycles. The molecule has 0 aliphatic carbocycles. The van der Waals surface area contributed by atoms with E-state index >= 15 is 0 Å². The SMILES string of the molecule is Cn1ccc2cccc(CN3CC[C@H](CN4CCC(c5ccc(F)cc5)CC4)C3)c21.c1ccsc1. The molecule has 0 amide bonds. The van der Waals surface area contributed by atoms with Crippen LogP contribution in [0, 0.1) is 11.7 Å². The van der Waals surface area contributed by atoms with Crippen molar-refractivity contribution in [2.24, 2.45) is 13.0 Å². The van der Waals surface area contributed by atoms with Crippen LogP contribution in [0.3, 0.4) is 0 Å². The van der Waals surface area contributed by atoms with Crippen molar-refractivity contribution in [3.8, 4) is 0 Å². The predicted octanol–water partition coefficient (Wildman–Crippen LogP) is 6.77. The van der Waals surface area contributed by atoms with Crippen molar-refractivity contribution in [2.75, 3.05) is 32.7 Å². The Labute approximate surface area is 212 Å². The van der Waals surface area contributed by atoms with Gasteiger partial charge in [-0.1, -0.05) is 42.5 Å². The summed E-state index contributed by atoms with van der Waals surface area (Å²) in [5.41, 5.74) is 4.13. The highest BCUT2D eigenvalue weighted by atomic mass is 32.1. The number of hydrogen-bond donors (Lipinski definition) is 0. The second-order valence-corrected chi connectivity index (χ2v) is 10.9. The quantitative estimate of drug-likeness (QED) is 0.307. The maximum atomic E-state index is 13.2. The van der Waals surface area contributed by atoms with Gasteiger partial charge < -0.3 is 9.47 Å². The third-order valence-electron chi connectivity index (χ3n) is 7.62. The fourth-order valence-electron chi connectivity index (χ4n) is 5.79. The topological polar surface area (TPSA) is 11.4 Å². The Morgan fingerprint density at radius 1 is 0.857 bits per heavy atom. The highest BCUT2D eigenvalue weighted by molar-refractivity contribution is 7.07. The van der Waals surface area contributed by atoms with Gasteiger partial charge in [0.15, 0.2) is 0 Å². The molecule has 0 spiro atoms. The largest absolute Gasteiger partial charge is 0.350 e. The monoisotopic (exact) mass is 489 g/mol. The van der Waals surface area contributed by atoms with Crippen LogP contribution in [0.1, 0.15) is 36.3 Å². The minimum atomic E-state index is -0.134. The molecule has 2 fully saturated rings. The molecule has 184 valence electrons. The first kappa shape index (κ1) is 24.2. The minimum Gasteiger partial charge on any atom is -0.350 e. The fourth-order valence-corrected chi connectivity index (χ4v) is 6.25. The molecular formula is C30H36FN3S. The van der Waals surface area contributed by atoms with Gasteiger partial charge in [-0.3, -0.25) is 4.90 Å². The van der Waals surface area contributed by atoms with Crippen LogP contribution in [0.2, 0.25) is 0 Å². The zero-order valence-electron chi connectivity index (χ0n) is 20.7. The molecule has 0 bridgehead atoms. The second-order valence-electron chi connectivity index (χ2n) is 10.1. The zero-order chi connectivity index (χ0) is 24.0. The van der Waals surface area contributed by atoms with E-state index in [2.05, 4.69) is 51.9 Å². The third-order valence-corrected chi connectivity index (χ3v) is 8.24. The van der Waals surface area contributed by atoms with Crippen molar-refractivity contribution in [3.63, 3.8) is 0 Å². The number of thiophene rings is 1. The summed E-state index contributed by atoms with van der Waals surface area (Å²) in [6.45, 7) is 7.03. The van der Waals surface area contributed by atoms with Crippen LogP contribution in [-0.2, 0) is 13.6 Å². The molecule has 0 N–H and O–H groups in total. The van der Waals surface area contributed by atoms with Gasteiger partial charge in [0.2, 0.25) is 0 Å². The van der Waals surface area contributed by atoms with E-state index in [0.29, 0.717) is 5.92 Å². The molecule has 2 aliphatic rings. The first-order valence-corrected chi connectivity index (χ1v) is 13.8. The summed E-state index contributed by atoms with van der Waals surface area (Å²) in [5.74, 6) is 1.23. The lowest BCUT2D eigenvalue weighted by atomic mass is 9.89. The number of aryl methyl sites for hydroxylation is 1. The van der Waals surface area contributed by atoms with Gasteiger partial charge in [-0.2, -0.15) is 11.3 Å². The number of rotatable bonds is 5. The highest BCUT2D eigenvalue weighted by Gasteiger charge is 2.27. The highest BCUT2D eigenvalue weighted by Crippen LogP contribution is 2.30. The van der Waals surface area contributed by atoms with Gasteiger partial charge in [-0.25, -0.2) is 4.39 Å². The second kappa shape index (κ2) is 11.5. The van der Waals surface area contributed by atoms with Crippen LogP contribution in [0.15, 0.2) is 77.6 Å². The summed E-state index contributed by atoms with van der Waals surface area (Å²) in [5, 5.41) is 5.43. The fraction of sp³-hybridized carbons (Fsp3) is 0.400. The summed E-state index contributed by atoms with van der Waals surface area (Å²) in [7, 11) is 2.15. The normalized spacial score (nSPS) is 19.7. The van der Waals surface area contributed by atoms with E-state index in [1.54, 1.807) is 23.5 Å². The standard InChI is InChI=1S/C26H32FN3.C4H4S/c1-28-13-10-23-3-2-4-24(26(23)28)19-30-14-9-20(18-30)17-29-15-11-22(12-16-29)21-5-7-25(27)8-6-21;1-2-4-5-3-1/h2-8,10,13,20,22H,9,11-12,14-19H2,1H3;1-4H/t20-;/m1./s1. The molecule has 2 aromatic carbocycles. The molecule has 0 unspecified atom stereocenters. The Balaban J connectivity index is 0.000000453. The number of hydrogen-bond acceptors (Lipinski definition) is 3. The molecule has 0 radical (unpaired) electrons. The van der Waals surface area contributed by atoms with Crippen LogP contribution in [0.4, 0.5) is 4.39 Å². The lowest BCUT2D eigenvalue weighted by molar-refractivity contribution is 0.181. The molecule has 0 saturated carbocycles. The molecule has 6 rings (SSSR count). The van der Waals surface area contributed by atoms with E-state index in [9.17, 15) is 4.39 Å². The van der Waals surface area contributed by atoms with Crippen molar-refractivity contribution < 1.29 is 4.39 Å². The van der Waals surface area contributed by atoms with E-state index in [1.165, 1.54) is 74.0 Å². The maximum Gasteiger partial charge on any atom is 0.123 e. The van der Waals surface area contributed by atoms with Gasteiger partial charge in [0.25, 0.3) is 0 Å². The average Bonchev–Trinajstić information content (AvgIpc) is 3.65. The minimum absolute atomic E-state index is 0.134. The molecule has 1 atom stereocenters. The number of aromatic nitrogens is 1. The van der Waals surface area contributed by atoms with Crippen LogP contribution in [-0.4, -0.2) is 47.1 Å². The van der Waals surface area contributed by atoms with E-state index in [-0.39, 0.29) is 5.82 Å². The summed E-state index contributed by atoms with van der Waals surface area (Å²) in [6.07, 6.45) is 5.85. The lowest BCUT2D eigenvalue weighted by Gasteiger charge is -2.33. The van der Waals surface area contributed by atoms with Gasteiger partial charge in [0.1, 0.15) is 5.82 Å². The maximum absolute atomic E-state index is 13.2. The number of benzene rings is 2. The Bertz CT molecular complexity index is 1160. The van der Waals surface area contributed by atoms with Crippen molar-refractivity contribution in [3.05, 3.63) is 94.6 Å². The number of nitrogens with zero attached hydrogens (tertiary/aromatic N) is 3. The molecule has 4 aromatic rings. The molecular weight excluding hydrogens is 453 g/mol. The van der Waals surface area contributed by atoms with Gasteiger partial charge in [-0.05, 0) is 96.2 Å². The summed E-state index contributed by atoms with van der Waals surface area (Å²) >= 11 is 1.71. The van der Waals surface area contributed by atoms with E-state index in [1.807, 2.05) is 35.0 Å². The van der Waals surface area contributed by atoms with Gasteiger partial charge >= 0.3 is 0 Å². The number of fused-ring (bicyclic) bond motifs is 1. The van der Waals surface area contributed by atoms with Gasteiger partial charge in [-0.15, -0.1) is 0 Å². The molecule has 4 heterocycles.